The Hall–Kier alpha value is -0.640. The van der Waals surface area contributed by atoms with E-state index in [2.05, 4.69) is 4.74 Å². The van der Waals surface area contributed by atoms with E-state index in [1.54, 1.807) is 6.92 Å². The number of esters is 1. The van der Waals surface area contributed by atoms with E-state index in [1.165, 1.54) is 6.92 Å². The molecule has 0 aromatic rings. The number of rotatable bonds is 4. The summed E-state index contributed by atoms with van der Waals surface area (Å²) in [5.74, 6) is -1.05. The number of carbonyl (C=O) groups is 1. The third-order valence-electron chi connectivity index (χ3n) is 2.41. The number of ether oxygens (including phenoxy) is 1. The Balaban J connectivity index is 2.53. The number of aliphatic hydroxyl groups is 1. The number of alkyl halides is 1. The highest BCUT2D eigenvalue weighted by Crippen LogP contribution is 2.42. The van der Waals surface area contributed by atoms with Gasteiger partial charge in [-0.2, -0.15) is 0 Å². The molecule has 0 radical (unpaired) electrons. The summed E-state index contributed by atoms with van der Waals surface area (Å²) in [4.78, 5) is 11.0. The molecule has 2 atom stereocenters. The molecule has 0 bridgehead atoms. The van der Waals surface area contributed by atoms with E-state index in [4.69, 9.17) is 0 Å². The van der Waals surface area contributed by atoms with Crippen LogP contribution in [-0.2, 0) is 9.53 Å². The number of hydrogen-bond donors (Lipinski definition) is 1. The number of carbonyl (C=O) groups excluding carboxylic acids is 1. The Labute approximate surface area is 76.9 Å². The van der Waals surface area contributed by atoms with Gasteiger partial charge in [-0.15, -0.1) is 0 Å². The van der Waals surface area contributed by atoms with Gasteiger partial charge in [0.1, 0.15) is 5.60 Å². The lowest BCUT2D eigenvalue weighted by molar-refractivity contribution is -0.160. The van der Waals surface area contributed by atoms with Crippen molar-refractivity contribution in [1.82, 2.24) is 0 Å². The Kier molecular flexibility index (Phi) is 2.91. The molecular weight excluding hydrogens is 175 g/mol. The molecule has 76 valence electrons. The molecule has 0 amide bonds. The van der Waals surface area contributed by atoms with Crippen molar-refractivity contribution in [2.24, 2.45) is 5.92 Å². The quantitative estimate of drug-likeness (QED) is 0.674. The van der Waals surface area contributed by atoms with Crippen molar-refractivity contribution in [2.45, 2.75) is 38.5 Å². The molecule has 4 heteroatoms. The minimum atomic E-state index is -1.92. The molecule has 0 spiro atoms. The highest BCUT2D eigenvalue weighted by molar-refractivity contribution is 5.76. The molecule has 1 N–H and O–H groups in total. The third kappa shape index (κ3) is 2.18. The molecule has 0 heterocycles. The largest absolute Gasteiger partial charge is 0.464 e. The molecule has 1 fully saturated rings. The third-order valence-corrected chi connectivity index (χ3v) is 2.41. The van der Waals surface area contributed by atoms with E-state index in [0.717, 1.165) is 12.8 Å². The van der Waals surface area contributed by atoms with Crippen molar-refractivity contribution in [3.8, 4) is 0 Å². The van der Waals surface area contributed by atoms with Crippen LogP contribution < -0.4 is 0 Å². The maximum absolute atomic E-state index is 13.3. The average molecular weight is 190 g/mol. The molecule has 0 saturated heterocycles. The van der Waals surface area contributed by atoms with Crippen molar-refractivity contribution in [2.75, 3.05) is 6.61 Å². The van der Waals surface area contributed by atoms with Gasteiger partial charge in [-0.05, 0) is 32.6 Å². The minimum Gasteiger partial charge on any atom is -0.464 e. The van der Waals surface area contributed by atoms with Gasteiger partial charge in [-0.3, -0.25) is 0 Å². The zero-order valence-corrected chi connectivity index (χ0v) is 7.92. The Bertz CT molecular complexity index is 199. The lowest BCUT2D eigenvalue weighted by atomic mass is 9.94. The first-order chi connectivity index (χ1) is 6.00. The van der Waals surface area contributed by atoms with Crippen LogP contribution in [0, 0.1) is 5.92 Å². The molecule has 2 unspecified atom stereocenters. The van der Waals surface area contributed by atoms with Gasteiger partial charge < -0.3 is 9.84 Å². The first-order valence-electron chi connectivity index (χ1n) is 4.53. The van der Waals surface area contributed by atoms with Crippen molar-refractivity contribution < 1.29 is 19.0 Å². The van der Waals surface area contributed by atoms with Gasteiger partial charge in [0.2, 0.25) is 6.17 Å². The van der Waals surface area contributed by atoms with Crippen molar-refractivity contribution in [1.29, 1.82) is 0 Å². The van der Waals surface area contributed by atoms with E-state index in [0.29, 0.717) is 0 Å². The van der Waals surface area contributed by atoms with E-state index in [9.17, 15) is 14.3 Å². The van der Waals surface area contributed by atoms with Crippen LogP contribution >= 0.6 is 0 Å². The van der Waals surface area contributed by atoms with Crippen LogP contribution in [0.3, 0.4) is 0 Å². The molecular formula is C9H15FO3. The highest BCUT2D eigenvalue weighted by atomic mass is 19.1. The summed E-state index contributed by atoms with van der Waals surface area (Å²) in [6.07, 6.45) is -0.348. The maximum atomic E-state index is 13.3. The van der Waals surface area contributed by atoms with Gasteiger partial charge in [0, 0.05) is 0 Å². The van der Waals surface area contributed by atoms with E-state index >= 15 is 0 Å². The van der Waals surface area contributed by atoms with Crippen molar-refractivity contribution in [3.05, 3.63) is 0 Å². The molecule has 13 heavy (non-hydrogen) atoms. The molecule has 1 saturated carbocycles. The van der Waals surface area contributed by atoms with Crippen LogP contribution in [0.5, 0.6) is 0 Å². The monoisotopic (exact) mass is 190 g/mol. The van der Waals surface area contributed by atoms with Crippen LogP contribution in [0.2, 0.25) is 0 Å². The second-order valence-corrected chi connectivity index (χ2v) is 3.61. The van der Waals surface area contributed by atoms with Gasteiger partial charge in [0.25, 0.3) is 0 Å². The Morgan fingerprint density at radius 1 is 1.77 bits per heavy atom. The summed E-state index contributed by atoms with van der Waals surface area (Å²) in [7, 11) is 0. The van der Waals surface area contributed by atoms with Gasteiger partial charge >= 0.3 is 5.97 Å². The average Bonchev–Trinajstić information content (AvgIpc) is 2.85. The molecule has 1 rings (SSSR count). The van der Waals surface area contributed by atoms with Gasteiger partial charge in [-0.25, -0.2) is 9.18 Å². The van der Waals surface area contributed by atoms with Crippen molar-refractivity contribution in [3.63, 3.8) is 0 Å². The fourth-order valence-electron chi connectivity index (χ4n) is 1.33. The van der Waals surface area contributed by atoms with Crippen LogP contribution in [0.25, 0.3) is 0 Å². The van der Waals surface area contributed by atoms with Crippen LogP contribution in [0.1, 0.15) is 26.7 Å². The van der Waals surface area contributed by atoms with Crippen LogP contribution in [0.15, 0.2) is 0 Å². The van der Waals surface area contributed by atoms with E-state index in [-0.39, 0.29) is 12.5 Å². The highest BCUT2D eigenvalue weighted by Gasteiger charge is 2.49. The fraction of sp³-hybridized carbons (Fsp3) is 0.889. The SMILES string of the molecule is CCOC(=O)C(F)C(C)(O)C1CC1. The first-order valence-corrected chi connectivity index (χ1v) is 4.53. The normalized spacial score (nSPS) is 23.4. The summed E-state index contributed by atoms with van der Waals surface area (Å²) in [6, 6.07) is 0. The summed E-state index contributed by atoms with van der Waals surface area (Å²) in [5, 5.41) is 9.64. The summed E-state index contributed by atoms with van der Waals surface area (Å²) in [5.41, 5.74) is -1.55. The second-order valence-electron chi connectivity index (χ2n) is 3.61. The van der Waals surface area contributed by atoms with Gasteiger partial charge in [-0.1, -0.05) is 0 Å². The predicted molar refractivity (Wildman–Crippen MR) is 44.9 cm³/mol. The molecule has 3 nitrogen and oxygen atoms in total. The van der Waals surface area contributed by atoms with Crippen LogP contribution in [0.4, 0.5) is 4.39 Å². The first kappa shape index (κ1) is 10.4. The number of halogens is 1. The smallest absolute Gasteiger partial charge is 0.343 e. The van der Waals surface area contributed by atoms with Gasteiger partial charge in [0.05, 0.1) is 6.61 Å². The fourth-order valence-corrected chi connectivity index (χ4v) is 1.33. The molecule has 1 aliphatic rings. The van der Waals surface area contributed by atoms with Crippen molar-refractivity contribution >= 4 is 5.97 Å². The maximum Gasteiger partial charge on any atom is 0.343 e. The predicted octanol–water partition coefficient (Wildman–Crippen LogP) is 1.05. The lowest BCUT2D eigenvalue weighted by Gasteiger charge is -2.25. The van der Waals surface area contributed by atoms with E-state index in [1.807, 2.05) is 0 Å². The number of hydrogen-bond acceptors (Lipinski definition) is 3. The second kappa shape index (κ2) is 3.62. The van der Waals surface area contributed by atoms with E-state index < -0.39 is 17.7 Å². The Morgan fingerprint density at radius 3 is 2.69 bits per heavy atom. The minimum absolute atomic E-state index is 0.0908. The lowest BCUT2D eigenvalue weighted by Crippen LogP contribution is -2.44. The Morgan fingerprint density at radius 2 is 2.31 bits per heavy atom. The molecule has 0 aromatic heterocycles. The topological polar surface area (TPSA) is 46.5 Å². The van der Waals surface area contributed by atoms with Crippen LogP contribution in [-0.4, -0.2) is 29.5 Å². The zero-order valence-electron chi connectivity index (χ0n) is 7.92. The molecule has 0 aromatic carbocycles. The molecule has 1 aliphatic carbocycles. The summed E-state index contributed by atoms with van der Waals surface area (Å²) < 4.78 is 17.8. The zero-order chi connectivity index (χ0) is 10.1. The summed E-state index contributed by atoms with van der Waals surface area (Å²) in [6.45, 7) is 3.10. The standard InChI is InChI=1S/C9H15FO3/c1-3-13-8(11)7(10)9(2,12)6-4-5-6/h6-7,12H,3-5H2,1-2H3. The summed E-state index contributed by atoms with van der Waals surface area (Å²) >= 11 is 0. The van der Waals surface area contributed by atoms with Gasteiger partial charge in [0.15, 0.2) is 0 Å². The molecule has 0 aliphatic heterocycles.